The highest BCUT2D eigenvalue weighted by Gasteiger charge is 2.46. The summed E-state index contributed by atoms with van der Waals surface area (Å²) in [6, 6.07) is -0.620. The molecule has 1 aliphatic carbocycles. The fourth-order valence-electron chi connectivity index (χ4n) is 2.87. The van der Waals surface area contributed by atoms with Crippen molar-refractivity contribution in [3.05, 3.63) is 0 Å². The summed E-state index contributed by atoms with van der Waals surface area (Å²) < 4.78 is 23.2. The van der Waals surface area contributed by atoms with E-state index in [0.29, 0.717) is 6.42 Å². The number of carbonyl (C=O) groups is 3. The minimum absolute atomic E-state index is 0.00139. The van der Waals surface area contributed by atoms with Crippen molar-refractivity contribution in [3.8, 4) is 0 Å². The van der Waals surface area contributed by atoms with Crippen molar-refractivity contribution in [1.82, 2.24) is 14.7 Å². The van der Waals surface area contributed by atoms with E-state index in [-0.39, 0.29) is 30.3 Å². The SMILES string of the molecule is CN1C(=O)C(=O)N(CN(C2CC2)C2CCS(=O)(=O)C2)C1=O. The smallest absolute Gasteiger partial charge is 0.278 e. The number of amides is 4. The normalized spacial score (nSPS) is 29.0. The molecule has 3 rings (SSSR count). The second-order valence-corrected chi connectivity index (χ2v) is 8.05. The maximum atomic E-state index is 11.9. The van der Waals surface area contributed by atoms with E-state index in [1.807, 2.05) is 4.90 Å². The number of likely N-dealkylation sites (N-methyl/N-ethyl adjacent to an activating group) is 1. The van der Waals surface area contributed by atoms with E-state index < -0.39 is 27.7 Å². The molecule has 1 unspecified atom stereocenters. The van der Waals surface area contributed by atoms with Gasteiger partial charge in [-0.15, -0.1) is 0 Å². The molecule has 0 aromatic heterocycles. The largest absolute Gasteiger partial charge is 0.335 e. The maximum Gasteiger partial charge on any atom is 0.335 e. The number of hydrogen-bond donors (Lipinski definition) is 0. The van der Waals surface area contributed by atoms with Crippen LogP contribution in [0.4, 0.5) is 4.79 Å². The van der Waals surface area contributed by atoms with Gasteiger partial charge in [-0.2, -0.15) is 0 Å². The van der Waals surface area contributed by atoms with Crippen LogP contribution in [0, 0.1) is 0 Å². The molecule has 0 radical (unpaired) electrons. The van der Waals surface area contributed by atoms with Crippen molar-refractivity contribution in [3.63, 3.8) is 0 Å². The van der Waals surface area contributed by atoms with Crippen LogP contribution in [0.1, 0.15) is 19.3 Å². The molecule has 3 aliphatic rings. The van der Waals surface area contributed by atoms with Crippen LogP contribution in [-0.4, -0.2) is 78.3 Å². The van der Waals surface area contributed by atoms with Crippen molar-refractivity contribution in [2.75, 3.05) is 25.2 Å². The Balaban J connectivity index is 1.76. The van der Waals surface area contributed by atoms with Crippen LogP contribution < -0.4 is 0 Å². The molecule has 2 aliphatic heterocycles. The van der Waals surface area contributed by atoms with E-state index in [4.69, 9.17) is 0 Å². The summed E-state index contributed by atoms with van der Waals surface area (Å²) in [5.74, 6) is -1.48. The van der Waals surface area contributed by atoms with Gasteiger partial charge in [0, 0.05) is 19.1 Å². The Bertz CT molecular complexity index is 612. The molecule has 2 saturated heterocycles. The highest BCUT2D eigenvalue weighted by atomic mass is 32.2. The van der Waals surface area contributed by atoms with Crippen molar-refractivity contribution >= 4 is 27.7 Å². The first-order chi connectivity index (χ1) is 9.80. The van der Waals surface area contributed by atoms with Gasteiger partial charge in [-0.05, 0) is 19.3 Å². The summed E-state index contributed by atoms with van der Waals surface area (Å²) in [5.41, 5.74) is 0. The van der Waals surface area contributed by atoms with E-state index in [1.54, 1.807) is 0 Å². The van der Waals surface area contributed by atoms with Crippen molar-refractivity contribution in [1.29, 1.82) is 0 Å². The van der Waals surface area contributed by atoms with Gasteiger partial charge in [0.05, 0.1) is 18.2 Å². The first-order valence-electron chi connectivity index (χ1n) is 6.90. The first-order valence-corrected chi connectivity index (χ1v) is 8.72. The predicted molar refractivity (Wildman–Crippen MR) is 71.8 cm³/mol. The molecule has 2 heterocycles. The Kier molecular flexibility index (Phi) is 3.28. The fourth-order valence-corrected chi connectivity index (χ4v) is 4.62. The quantitative estimate of drug-likeness (QED) is 0.489. The molecule has 21 heavy (non-hydrogen) atoms. The number of sulfone groups is 1. The topological polar surface area (TPSA) is 95.1 Å². The number of rotatable bonds is 4. The molecule has 8 nitrogen and oxygen atoms in total. The van der Waals surface area contributed by atoms with E-state index in [0.717, 1.165) is 22.6 Å². The molecular weight excluding hydrogens is 298 g/mol. The van der Waals surface area contributed by atoms with Gasteiger partial charge in [-0.25, -0.2) is 18.1 Å². The zero-order chi connectivity index (χ0) is 15.4. The summed E-state index contributed by atoms with van der Waals surface area (Å²) in [5, 5.41) is 0. The van der Waals surface area contributed by atoms with Crippen LogP contribution in [0.5, 0.6) is 0 Å². The molecule has 1 atom stereocenters. The van der Waals surface area contributed by atoms with Gasteiger partial charge in [0.1, 0.15) is 0 Å². The molecule has 116 valence electrons. The second kappa shape index (κ2) is 4.77. The highest BCUT2D eigenvalue weighted by Crippen LogP contribution is 2.32. The van der Waals surface area contributed by atoms with Gasteiger partial charge >= 0.3 is 17.8 Å². The lowest BCUT2D eigenvalue weighted by Gasteiger charge is -2.30. The van der Waals surface area contributed by atoms with Gasteiger partial charge in [-0.3, -0.25) is 19.4 Å². The maximum absolute atomic E-state index is 11.9. The number of nitrogens with zero attached hydrogens (tertiary/aromatic N) is 3. The molecule has 1 saturated carbocycles. The Labute approximate surface area is 122 Å². The molecule has 0 bridgehead atoms. The van der Waals surface area contributed by atoms with E-state index >= 15 is 0 Å². The third-order valence-electron chi connectivity index (χ3n) is 4.25. The predicted octanol–water partition coefficient (Wildman–Crippen LogP) is -0.984. The third kappa shape index (κ3) is 2.55. The van der Waals surface area contributed by atoms with Crippen LogP contribution in [0.3, 0.4) is 0 Å². The van der Waals surface area contributed by atoms with Gasteiger partial charge in [-0.1, -0.05) is 0 Å². The number of hydrogen-bond acceptors (Lipinski definition) is 6. The Morgan fingerprint density at radius 1 is 1.10 bits per heavy atom. The zero-order valence-corrected chi connectivity index (χ0v) is 12.5. The van der Waals surface area contributed by atoms with Crippen LogP contribution in [0.2, 0.25) is 0 Å². The third-order valence-corrected chi connectivity index (χ3v) is 6.00. The molecule has 0 aromatic rings. The van der Waals surface area contributed by atoms with Gasteiger partial charge in [0.2, 0.25) is 0 Å². The second-order valence-electron chi connectivity index (χ2n) is 5.82. The standard InChI is InChI=1S/C12H17N3O5S/c1-13-10(16)11(17)15(12(13)18)7-14(8-2-3-8)9-4-5-21(19,20)6-9/h8-9H,2-7H2,1H3. The molecule has 4 amide bonds. The minimum atomic E-state index is -3.04. The van der Waals surface area contributed by atoms with Gasteiger partial charge < -0.3 is 0 Å². The molecule has 0 N–H and O–H groups in total. The summed E-state index contributed by atoms with van der Waals surface area (Å²) in [7, 11) is -1.77. The van der Waals surface area contributed by atoms with Crippen LogP contribution in [0.15, 0.2) is 0 Å². The monoisotopic (exact) mass is 315 g/mol. The summed E-state index contributed by atoms with van der Waals surface area (Å²) in [6.45, 7) is -0.00139. The van der Waals surface area contributed by atoms with Gasteiger partial charge in [0.25, 0.3) is 0 Å². The fraction of sp³-hybridized carbons (Fsp3) is 0.750. The first kappa shape index (κ1) is 14.5. The van der Waals surface area contributed by atoms with Crippen LogP contribution in [0.25, 0.3) is 0 Å². The number of imide groups is 2. The van der Waals surface area contributed by atoms with Crippen molar-refractivity contribution < 1.29 is 22.8 Å². The van der Waals surface area contributed by atoms with Crippen LogP contribution >= 0.6 is 0 Å². The average Bonchev–Trinajstić information content (AvgIpc) is 3.17. The van der Waals surface area contributed by atoms with E-state index in [9.17, 15) is 22.8 Å². The summed E-state index contributed by atoms with van der Waals surface area (Å²) >= 11 is 0. The molecule has 9 heteroatoms. The highest BCUT2D eigenvalue weighted by molar-refractivity contribution is 7.91. The summed E-state index contributed by atoms with van der Waals surface area (Å²) in [4.78, 5) is 38.8. The van der Waals surface area contributed by atoms with E-state index in [2.05, 4.69) is 0 Å². The zero-order valence-electron chi connectivity index (χ0n) is 11.7. The van der Waals surface area contributed by atoms with Gasteiger partial charge in [0.15, 0.2) is 9.84 Å². The molecule has 0 aromatic carbocycles. The lowest BCUT2D eigenvalue weighted by atomic mass is 10.2. The van der Waals surface area contributed by atoms with Crippen molar-refractivity contribution in [2.24, 2.45) is 0 Å². The average molecular weight is 315 g/mol. The number of urea groups is 1. The summed E-state index contributed by atoms with van der Waals surface area (Å²) in [6.07, 6.45) is 2.37. The molecule has 3 fully saturated rings. The Hall–Kier alpha value is -1.48. The Morgan fingerprint density at radius 2 is 1.76 bits per heavy atom. The minimum Gasteiger partial charge on any atom is -0.278 e. The molecular formula is C12H17N3O5S. The lowest BCUT2D eigenvalue weighted by molar-refractivity contribution is -0.143. The number of carbonyl (C=O) groups excluding carboxylic acids is 3. The lowest BCUT2D eigenvalue weighted by Crippen LogP contribution is -2.48. The van der Waals surface area contributed by atoms with Crippen molar-refractivity contribution in [2.45, 2.75) is 31.3 Å². The van der Waals surface area contributed by atoms with E-state index in [1.165, 1.54) is 7.05 Å². The molecule has 0 spiro atoms. The van der Waals surface area contributed by atoms with Crippen LogP contribution in [-0.2, 0) is 19.4 Å². The Morgan fingerprint density at radius 3 is 2.19 bits per heavy atom.